The highest BCUT2D eigenvalue weighted by atomic mass is 32.2. The Morgan fingerprint density at radius 3 is 2.60 bits per heavy atom. The number of carbonyl (C=O) groups excluding carboxylic acids is 1. The summed E-state index contributed by atoms with van der Waals surface area (Å²) in [6.45, 7) is 4.15. The van der Waals surface area contributed by atoms with Crippen LogP contribution in [0, 0.1) is 11.3 Å². The zero-order valence-corrected chi connectivity index (χ0v) is 15.1. The van der Waals surface area contributed by atoms with E-state index in [0.717, 1.165) is 21.9 Å². The molecule has 0 saturated carbocycles. The Morgan fingerprint density at radius 2 is 1.96 bits per heavy atom. The van der Waals surface area contributed by atoms with Crippen LogP contribution in [0.3, 0.4) is 0 Å². The van der Waals surface area contributed by atoms with Gasteiger partial charge in [-0.25, -0.2) is 0 Å². The molecule has 0 aromatic heterocycles. The molecule has 0 saturated heterocycles. The van der Waals surface area contributed by atoms with Crippen molar-refractivity contribution < 1.29 is 9.53 Å². The molecule has 25 heavy (non-hydrogen) atoms. The SMILES string of the molecule is COc1ccc2c(c1)C(=CC(=O)c1ccc(C#N)cc1)NC(C)(C)S2. The van der Waals surface area contributed by atoms with Gasteiger partial charge in [-0.1, -0.05) is 11.8 Å². The summed E-state index contributed by atoms with van der Waals surface area (Å²) in [7, 11) is 1.63. The van der Waals surface area contributed by atoms with Crippen LogP contribution in [0.15, 0.2) is 53.4 Å². The molecule has 4 nitrogen and oxygen atoms in total. The summed E-state index contributed by atoms with van der Waals surface area (Å²) >= 11 is 1.71. The Labute approximate surface area is 151 Å². The maximum Gasteiger partial charge on any atom is 0.187 e. The smallest absolute Gasteiger partial charge is 0.187 e. The number of benzene rings is 2. The molecule has 0 bridgehead atoms. The summed E-state index contributed by atoms with van der Waals surface area (Å²) < 4.78 is 5.32. The van der Waals surface area contributed by atoms with Crippen LogP contribution in [0.5, 0.6) is 5.75 Å². The van der Waals surface area contributed by atoms with Crippen molar-refractivity contribution in [3.05, 3.63) is 65.2 Å². The lowest BCUT2D eigenvalue weighted by Crippen LogP contribution is -2.37. The van der Waals surface area contributed by atoms with Crippen molar-refractivity contribution in [1.29, 1.82) is 5.26 Å². The Balaban J connectivity index is 2.01. The van der Waals surface area contributed by atoms with Crippen LogP contribution >= 0.6 is 11.8 Å². The van der Waals surface area contributed by atoms with Gasteiger partial charge >= 0.3 is 0 Å². The fourth-order valence-corrected chi connectivity index (χ4v) is 3.79. The molecule has 2 aromatic carbocycles. The topological polar surface area (TPSA) is 62.1 Å². The molecule has 1 aliphatic heterocycles. The van der Waals surface area contributed by atoms with E-state index >= 15 is 0 Å². The predicted molar refractivity (Wildman–Crippen MR) is 99.5 cm³/mol. The zero-order valence-electron chi connectivity index (χ0n) is 14.3. The fourth-order valence-electron chi connectivity index (χ4n) is 2.66. The summed E-state index contributed by atoms with van der Waals surface area (Å²) in [4.78, 5) is 13.5. The van der Waals surface area contributed by atoms with Crippen LogP contribution in [-0.4, -0.2) is 17.8 Å². The maximum absolute atomic E-state index is 12.7. The minimum atomic E-state index is -0.224. The van der Waals surface area contributed by atoms with Crippen molar-refractivity contribution in [2.45, 2.75) is 23.6 Å². The van der Waals surface area contributed by atoms with Crippen LogP contribution < -0.4 is 10.1 Å². The van der Waals surface area contributed by atoms with Gasteiger partial charge in [0.2, 0.25) is 0 Å². The van der Waals surface area contributed by atoms with Gasteiger partial charge in [0.1, 0.15) is 5.75 Å². The van der Waals surface area contributed by atoms with Crippen molar-refractivity contribution in [3.8, 4) is 11.8 Å². The van der Waals surface area contributed by atoms with Crippen molar-refractivity contribution in [2.75, 3.05) is 7.11 Å². The molecule has 5 heteroatoms. The van der Waals surface area contributed by atoms with Gasteiger partial charge in [0.05, 0.1) is 23.6 Å². The van der Waals surface area contributed by atoms with Gasteiger partial charge in [-0.2, -0.15) is 5.26 Å². The number of hydrogen-bond acceptors (Lipinski definition) is 5. The number of methoxy groups -OCH3 is 1. The Kier molecular flexibility index (Phi) is 4.56. The molecular weight excluding hydrogens is 332 g/mol. The largest absolute Gasteiger partial charge is 0.497 e. The van der Waals surface area contributed by atoms with Crippen molar-refractivity contribution in [3.63, 3.8) is 0 Å². The number of fused-ring (bicyclic) bond motifs is 1. The highest BCUT2D eigenvalue weighted by Crippen LogP contribution is 2.42. The number of ether oxygens (including phenoxy) is 1. The second kappa shape index (κ2) is 6.66. The van der Waals surface area contributed by atoms with Gasteiger partial charge in [-0.05, 0) is 56.3 Å². The molecule has 0 amide bonds. The molecule has 126 valence electrons. The lowest BCUT2D eigenvalue weighted by atomic mass is 10.0. The number of nitrogens with one attached hydrogen (secondary N) is 1. The Hall–Kier alpha value is -2.71. The van der Waals surface area contributed by atoms with Crippen molar-refractivity contribution >= 4 is 23.2 Å². The predicted octanol–water partition coefficient (Wildman–Crippen LogP) is 4.22. The molecule has 0 radical (unpaired) electrons. The summed E-state index contributed by atoms with van der Waals surface area (Å²) in [6, 6.07) is 14.6. The first-order valence-corrected chi connectivity index (χ1v) is 8.65. The molecule has 1 heterocycles. The van der Waals surface area contributed by atoms with Gasteiger partial charge < -0.3 is 10.1 Å². The summed E-state index contributed by atoms with van der Waals surface area (Å²) in [5, 5.41) is 12.3. The number of ketones is 1. The van der Waals surface area contributed by atoms with Crippen LogP contribution in [0.25, 0.3) is 5.70 Å². The van der Waals surface area contributed by atoms with E-state index in [0.29, 0.717) is 11.1 Å². The molecule has 0 aliphatic carbocycles. The van der Waals surface area contributed by atoms with Gasteiger partial charge in [-0.3, -0.25) is 4.79 Å². The van der Waals surface area contributed by atoms with E-state index in [1.165, 1.54) is 0 Å². The van der Waals surface area contributed by atoms with E-state index in [-0.39, 0.29) is 10.7 Å². The van der Waals surface area contributed by atoms with E-state index in [1.54, 1.807) is 49.2 Å². The van der Waals surface area contributed by atoms with Crippen LogP contribution in [0.4, 0.5) is 0 Å². The van der Waals surface area contributed by atoms with Gasteiger partial charge in [-0.15, -0.1) is 0 Å². The lowest BCUT2D eigenvalue weighted by Gasteiger charge is -2.34. The average molecular weight is 350 g/mol. The second-order valence-corrected chi connectivity index (χ2v) is 7.88. The molecule has 0 spiro atoms. The van der Waals surface area contributed by atoms with Gasteiger partial charge in [0.15, 0.2) is 5.78 Å². The minimum absolute atomic E-state index is 0.108. The molecule has 0 unspecified atom stereocenters. The number of carbonyl (C=O) groups is 1. The minimum Gasteiger partial charge on any atom is -0.497 e. The summed E-state index contributed by atoms with van der Waals surface area (Å²) in [5.41, 5.74) is 2.80. The third kappa shape index (κ3) is 3.70. The third-order valence-electron chi connectivity index (χ3n) is 3.85. The molecule has 1 N–H and O–H groups in total. The van der Waals surface area contributed by atoms with Gasteiger partial charge in [0.25, 0.3) is 0 Å². The number of nitriles is 1. The van der Waals surface area contributed by atoms with E-state index in [1.807, 2.05) is 18.2 Å². The maximum atomic E-state index is 12.7. The van der Waals surface area contributed by atoms with Crippen molar-refractivity contribution in [1.82, 2.24) is 5.32 Å². The van der Waals surface area contributed by atoms with Crippen LogP contribution in [0.1, 0.15) is 35.3 Å². The first-order chi connectivity index (χ1) is 11.9. The monoisotopic (exact) mass is 350 g/mol. The number of allylic oxidation sites excluding steroid dienone is 1. The number of hydrogen-bond donors (Lipinski definition) is 1. The molecule has 1 aliphatic rings. The van der Waals surface area contributed by atoms with E-state index in [9.17, 15) is 4.79 Å². The number of rotatable bonds is 3. The highest BCUT2D eigenvalue weighted by Gasteiger charge is 2.29. The quantitative estimate of drug-likeness (QED) is 0.663. The molecule has 2 aromatic rings. The molecular formula is C20H18N2O2S. The highest BCUT2D eigenvalue weighted by molar-refractivity contribution is 8.00. The molecule has 3 rings (SSSR count). The molecule has 0 atom stereocenters. The van der Waals surface area contributed by atoms with Crippen molar-refractivity contribution in [2.24, 2.45) is 0 Å². The fraction of sp³-hybridized carbons (Fsp3) is 0.200. The van der Waals surface area contributed by atoms with E-state index < -0.39 is 0 Å². The Bertz CT molecular complexity index is 893. The van der Waals surface area contributed by atoms with E-state index in [4.69, 9.17) is 10.00 Å². The van der Waals surface area contributed by atoms with Crippen LogP contribution in [-0.2, 0) is 0 Å². The van der Waals surface area contributed by atoms with Crippen LogP contribution in [0.2, 0.25) is 0 Å². The number of thioether (sulfide) groups is 1. The molecule has 0 fully saturated rings. The summed E-state index contributed by atoms with van der Waals surface area (Å²) in [5.74, 6) is 0.640. The first-order valence-electron chi connectivity index (χ1n) is 7.84. The lowest BCUT2D eigenvalue weighted by molar-refractivity contribution is 0.104. The third-order valence-corrected chi connectivity index (χ3v) is 5.04. The van der Waals surface area contributed by atoms with Gasteiger partial charge in [0, 0.05) is 27.8 Å². The second-order valence-electron chi connectivity index (χ2n) is 6.21. The first kappa shape index (κ1) is 17.1. The standard InChI is InChI=1S/C20H18N2O2S/c1-20(2)22-17(16-10-15(24-3)8-9-19(16)25-20)11-18(23)14-6-4-13(12-21)5-7-14/h4-11,22H,1-3H3. The zero-order chi connectivity index (χ0) is 18.0. The normalized spacial score (nSPS) is 16.5. The van der Waals surface area contributed by atoms with E-state index in [2.05, 4.69) is 25.2 Å². The average Bonchev–Trinajstić information content (AvgIpc) is 2.60. The summed E-state index contributed by atoms with van der Waals surface area (Å²) in [6.07, 6.45) is 1.61. The Morgan fingerprint density at radius 1 is 1.24 bits per heavy atom. The number of nitrogens with zero attached hydrogens (tertiary/aromatic N) is 1.